The van der Waals surface area contributed by atoms with Gasteiger partial charge in [0.2, 0.25) is 15.9 Å². The maximum absolute atomic E-state index is 12.8. The molecule has 1 amide bonds. The summed E-state index contributed by atoms with van der Waals surface area (Å²) in [6.07, 6.45) is 2.37. The Morgan fingerprint density at radius 3 is 2.56 bits per heavy atom. The number of aromatic nitrogens is 4. The molecule has 2 heterocycles. The van der Waals surface area contributed by atoms with Crippen LogP contribution in [0.5, 0.6) is 0 Å². The van der Waals surface area contributed by atoms with E-state index < -0.39 is 10.0 Å². The number of rotatable bonds is 10. The molecule has 3 aromatic rings. The van der Waals surface area contributed by atoms with Gasteiger partial charge in [-0.3, -0.25) is 4.79 Å². The van der Waals surface area contributed by atoms with E-state index in [-0.39, 0.29) is 17.2 Å². The maximum Gasteiger partial charge on any atom is 0.243 e. The Labute approximate surface area is 189 Å². The smallest absolute Gasteiger partial charge is 0.243 e. The zero-order valence-corrected chi connectivity index (χ0v) is 20.2. The fraction of sp³-hybridized carbons (Fsp3) is 0.500. The van der Waals surface area contributed by atoms with Gasteiger partial charge in [-0.1, -0.05) is 27.7 Å². The Morgan fingerprint density at radius 1 is 1.19 bits per heavy atom. The Kier molecular flexibility index (Phi) is 7.35. The lowest BCUT2D eigenvalue weighted by atomic mass is 10.2. The minimum atomic E-state index is -3.55. The lowest BCUT2D eigenvalue weighted by molar-refractivity contribution is -0.116. The van der Waals surface area contributed by atoms with Crippen molar-refractivity contribution in [2.45, 2.75) is 52.0 Å². The number of sulfonamides is 1. The van der Waals surface area contributed by atoms with Gasteiger partial charge in [-0.15, -0.1) is 0 Å². The van der Waals surface area contributed by atoms with E-state index in [0.717, 1.165) is 17.9 Å². The molecule has 10 heteroatoms. The lowest BCUT2D eigenvalue weighted by Gasteiger charge is -2.18. The molecule has 1 N–H and O–H groups in total. The largest absolute Gasteiger partial charge is 0.331 e. The van der Waals surface area contributed by atoms with Crippen LogP contribution in [0.2, 0.25) is 0 Å². The normalized spacial score (nSPS) is 12.2. The van der Waals surface area contributed by atoms with E-state index in [0.29, 0.717) is 36.8 Å². The van der Waals surface area contributed by atoms with Crippen LogP contribution in [0.1, 0.15) is 39.9 Å². The van der Waals surface area contributed by atoms with Crippen molar-refractivity contribution in [2.24, 2.45) is 13.0 Å². The first-order valence-corrected chi connectivity index (χ1v) is 12.4. The average Bonchev–Trinajstić information content (AvgIpc) is 3.30. The number of amides is 1. The van der Waals surface area contributed by atoms with E-state index in [1.807, 2.05) is 25.5 Å². The van der Waals surface area contributed by atoms with Crippen molar-refractivity contribution < 1.29 is 13.2 Å². The fourth-order valence-corrected chi connectivity index (χ4v) is 5.17. The molecule has 9 nitrogen and oxygen atoms in total. The topological polar surface area (TPSA) is 102 Å². The number of hydrogen-bond acceptors (Lipinski definition) is 5. The lowest BCUT2D eigenvalue weighted by Crippen LogP contribution is -2.30. The van der Waals surface area contributed by atoms with E-state index >= 15 is 0 Å². The monoisotopic (exact) mass is 460 g/mol. The number of nitrogens with zero attached hydrogens (tertiary/aromatic N) is 5. The van der Waals surface area contributed by atoms with E-state index in [1.165, 1.54) is 4.31 Å². The van der Waals surface area contributed by atoms with Gasteiger partial charge in [0, 0.05) is 45.6 Å². The number of nitrogens with one attached hydrogen (secondary N) is 1. The second kappa shape index (κ2) is 9.83. The van der Waals surface area contributed by atoms with Gasteiger partial charge in [-0.25, -0.2) is 18.1 Å². The van der Waals surface area contributed by atoms with Gasteiger partial charge in [0.05, 0.1) is 22.1 Å². The molecular formula is C22H32N6O3S. The molecule has 0 unspecified atom stereocenters. The molecule has 0 saturated carbocycles. The number of carbonyl (C=O) groups excluding carboxylic acids is 1. The third kappa shape index (κ3) is 5.02. The van der Waals surface area contributed by atoms with Gasteiger partial charge in [0.1, 0.15) is 11.6 Å². The molecule has 3 rings (SSSR count). The Hall–Kier alpha value is -2.72. The zero-order valence-electron chi connectivity index (χ0n) is 19.4. The number of fused-ring (bicyclic) bond motifs is 1. The maximum atomic E-state index is 12.8. The Bertz CT molecular complexity index is 1190. The minimum Gasteiger partial charge on any atom is -0.331 e. The standard InChI is InChI=1S/C22H32N6O3S/c1-6-27(7-2)32(30,31)17-8-9-19-18(14-17)24-20(26(19)5)10-11-22(29)25-21-12-13-23-28(21)15-16(3)4/h8-9,12-14,16H,6-7,10-11,15H2,1-5H3,(H,25,29). The summed E-state index contributed by atoms with van der Waals surface area (Å²) in [6.45, 7) is 9.38. The molecule has 0 radical (unpaired) electrons. The van der Waals surface area contributed by atoms with Gasteiger partial charge < -0.3 is 9.88 Å². The van der Waals surface area contributed by atoms with Gasteiger partial charge in [-0.05, 0) is 24.1 Å². The number of aryl methyl sites for hydroxylation is 2. The van der Waals surface area contributed by atoms with E-state index in [9.17, 15) is 13.2 Å². The third-order valence-corrected chi connectivity index (χ3v) is 7.43. The molecule has 0 aliphatic carbocycles. The molecule has 0 bridgehead atoms. The van der Waals surface area contributed by atoms with Gasteiger partial charge >= 0.3 is 0 Å². The summed E-state index contributed by atoms with van der Waals surface area (Å²) in [5.41, 5.74) is 1.43. The van der Waals surface area contributed by atoms with Crippen molar-refractivity contribution in [3.05, 3.63) is 36.3 Å². The second-order valence-corrected chi connectivity index (χ2v) is 10.1. The molecule has 1 aromatic carbocycles. The highest BCUT2D eigenvalue weighted by atomic mass is 32.2. The zero-order chi connectivity index (χ0) is 23.5. The van der Waals surface area contributed by atoms with Crippen molar-refractivity contribution in [3.8, 4) is 0 Å². The van der Waals surface area contributed by atoms with Crippen molar-refractivity contribution in [2.75, 3.05) is 18.4 Å². The summed E-state index contributed by atoms with van der Waals surface area (Å²) in [7, 11) is -1.68. The van der Waals surface area contributed by atoms with Crippen LogP contribution >= 0.6 is 0 Å². The van der Waals surface area contributed by atoms with Crippen LogP contribution in [0.3, 0.4) is 0 Å². The first-order valence-electron chi connectivity index (χ1n) is 10.9. The third-order valence-electron chi connectivity index (χ3n) is 5.39. The van der Waals surface area contributed by atoms with Crippen LogP contribution in [0.15, 0.2) is 35.4 Å². The highest BCUT2D eigenvalue weighted by Crippen LogP contribution is 2.23. The predicted octanol–water partition coefficient (Wildman–Crippen LogP) is 3.03. The van der Waals surface area contributed by atoms with Gasteiger partial charge in [0.25, 0.3) is 0 Å². The minimum absolute atomic E-state index is 0.118. The SMILES string of the molecule is CCN(CC)S(=O)(=O)c1ccc2c(c1)nc(CCC(=O)Nc1ccnn1CC(C)C)n2C. The fourth-order valence-electron chi connectivity index (χ4n) is 3.69. The van der Waals surface area contributed by atoms with Crippen molar-refractivity contribution in [1.82, 2.24) is 23.6 Å². The van der Waals surface area contributed by atoms with Crippen LogP contribution < -0.4 is 5.32 Å². The molecule has 0 saturated heterocycles. The molecule has 174 valence electrons. The summed E-state index contributed by atoms with van der Waals surface area (Å²) >= 11 is 0. The van der Waals surface area contributed by atoms with Crippen LogP contribution in [0.4, 0.5) is 5.82 Å². The second-order valence-electron chi connectivity index (χ2n) is 8.17. The number of hydrogen-bond donors (Lipinski definition) is 1. The molecular weight excluding hydrogens is 428 g/mol. The average molecular weight is 461 g/mol. The van der Waals surface area contributed by atoms with E-state index in [2.05, 4.69) is 29.2 Å². The molecule has 0 spiro atoms. The van der Waals surface area contributed by atoms with Crippen molar-refractivity contribution in [3.63, 3.8) is 0 Å². The van der Waals surface area contributed by atoms with Crippen molar-refractivity contribution in [1.29, 1.82) is 0 Å². The molecule has 0 atom stereocenters. The molecule has 32 heavy (non-hydrogen) atoms. The Balaban J connectivity index is 1.74. The van der Waals surface area contributed by atoms with Gasteiger partial charge in [0.15, 0.2) is 0 Å². The summed E-state index contributed by atoms with van der Waals surface area (Å²) < 4.78 is 30.8. The molecule has 0 aliphatic heterocycles. The number of carbonyl (C=O) groups is 1. The first-order chi connectivity index (χ1) is 15.2. The first kappa shape index (κ1) is 23.9. The van der Waals surface area contributed by atoms with Crippen LogP contribution in [0.25, 0.3) is 11.0 Å². The number of anilines is 1. The highest BCUT2D eigenvalue weighted by Gasteiger charge is 2.23. The quantitative estimate of drug-likeness (QED) is 0.501. The molecule has 0 fully saturated rings. The highest BCUT2D eigenvalue weighted by molar-refractivity contribution is 7.89. The molecule has 0 aliphatic rings. The predicted molar refractivity (Wildman–Crippen MR) is 125 cm³/mol. The number of imidazole rings is 1. The molecule has 2 aromatic heterocycles. The Morgan fingerprint density at radius 2 is 1.91 bits per heavy atom. The van der Waals surface area contributed by atoms with E-state index in [1.54, 1.807) is 35.1 Å². The van der Waals surface area contributed by atoms with Crippen LogP contribution in [0, 0.1) is 5.92 Å². The summed E-state index contributed by atoms with van der Waals surface area (Å²) in [6, 6.07) is 6.78. The van der Waals surface area contributed by atoms with Gasteiger partial charge in [-0.2, -0.15) is 9.40 Å². The van der Waals surface area contributed by atoms with E-state index in [4.69, 9.17) is 0 Å². The summed E-state index contributed by atoms with van der Waals surface area (Å²) in [4.78, 5) is 17.3. The number of benzene rings is 1. The van der Waals surface area contributed by atoms with Crippen LogP contribution in [-0.4, -0.2) is 51.1 Å². The summed E-state index contributed by atoms with van der Waals surface area (Å²) in [5.74, 6) is 1.71. The van der Waals surface area contributed by atoms with Crippen molar-refractivity contribution >= 4 is 32.8 Å². The summed E-state index contributed by atoms with van der Waals surface area (Å²) in [5, 5.41) is 7.17. The van der Waals surface area contributed by atoms with Crippen LogP contribution in [-0.2, 0) is 34.8 Å².